The number of aromatic nitrogens is 3. The summed E-state index contributed by atoms with van der Waals surface area (Å²) < 4.78 is 19.5. The molecule has 0 saturated carbocycles. The number of rotatable bonds is 8. The van der Waals surface area contributed by atoms with Crippen LogP contribution in [0.3, 0.4) is 0 Å². The third kappa shape index (κ3) is 4.99. The van der Waals surface area contributed by atoms with Crippen molar-refractivity contribution in [2.24, 2.45) is 0 Å². The molecule has 0 saturated heterocycles. The van der Waals surface area contributed by atoms with Gasteiger partial charge in [-0.25, -0.2) is 9.07 Å². The molecule has 2 aromatic rings. The molecule has 1 amide bonds. The van der Waals surface area contributed by atoms with Crippen molar-refractivity contribution in [2.75, 3.05) is 18.1 Å². The lowest BCUT2D eigenvalue weighted by atomic mass is 10.3. The number of thioether (sulfide) groups is 1. The van der Waals surface area contributed by atoms with Crippen molar-refractivity contribution in [3.8, 4) is 5.75 Å². The number of amides is 1. The Morgan fingerprint density at radius 3 is 2.87 bits per heavy atom. The SMILES string of the molecule is C=CCNC(=O)CSc1nnc(COc2ccc(F)cc2)n1N. The number of nitrogen functional groups attached to an aromatic ring is 1. The molecule has 0 bridgehead atoms. The molecular formula is C14H16FN5O2S. The van der Waals surface area contributed by atoms with Crippen LogP contribution in [-0.2, 0) is 11.4 Å². The summed E-state index contributed by atoms with van der Waals surface area (Å²) in [7, 11) is 0. The number of hydrogen-bond donors (Lipinski definition) is 2. The Kier molecular flexibility index (Phi) is 5.98. The maximum atomic E-state index is 12.8. The minimum atomic E-state index is -0.340. The zero-order valence-corrected chi connectivity index (χ0v) is 13.1. The van der Waals surface area contributed by atoms with Gasteiger partial charge in [0, 0.05) is 6.54 Å². The highest BCUT2D eigenvalue weighted by molar-refractivity contribution is 7.99. The molecule has 2 rings (SSSR count). The lowest BCUT2D eigenvalue weighted by Gasteiger charge is -2.06. The molecule has 0 fully saturated rings. The Labute approximate surface area is 136 Å². The van der Waals surface area contributed by atoms with Crippen molar-refractivity contribution >= 4 is 17.7 Å². The van der Waals surface area contributed by atoms with Crippen LogP contribution < -0.4 is 15.9 Å². The zero-order chi connectivity index (χ0) is 16.7. The van der Waals surface area contributed by atoms with E-state index < -0.39 is 0 Å². The van der Waals surface area contributed by atoms with E-state index in [0.717, 1.165) is 11.8 Å². The van der Waals surface area contributed by atoms with Crippen LogP contribution in [0.2, 0.25) is 0 Å². The number of benzene rings is 1. The highest BCUT2D eigenvalue weighted by Gasteiger charge is 2.12. The average molecular weight is 337 g/mol. The lowest BCUT2D eigenvalue weighted by Crippen LogP contribution is -2.25. The second-order valence-electron chi connectivity index (χ2n) is 4.39. The molecule has 0 radical (unpaired) electrons. The molecule has 1 aromatic carbocycles. The van der Waals surface area contributed by atoms with Crippen molar-refractivity contribution in [3.63, 3.8) is 0 Å². The van der Waals surface area contributed by atoms with Crippen LogP contribution in [0.1, 0.15) is 5.82 Å². The number of ether oxygens (including phenoxy) is 1. The van der Waals surface area contributed by atoms with Gasteiger partial charge in [0.15, 0.2) is 5.82 Å². The van der Waals surface area contributed by atoms with E-state index in [0.29, 0.717) is 23.3 Å². The minimum absolute atomic E-state index is 0.0817. The molecule has 0 aliphatic heterocycles. The van der Waals surface area contributed by atoms with Gasteiger partial charge in [-0.1, -0.05) is 17.8 Å². The predicted molar refractivity (Wildman–Crippen MR) is 84.8 cm³/mol. The quantitative estimate of drug-likeness (QED) is 0.426. The average Bonchev–Trinajstić information content (AvgIpc) is 2.90. The van der Waals surface area contributed by atoms with Gasteiger partial charge < -0.3 is 15.9 Å². The second kappa shape index (κ2) is 8.18. The van der Waals surface area contributed by atoms with Crippen molar-refractivity contribution in [1.82, 2.24) is 20.2 Å². The highest BCUT2D eigenvalue weighted by Crippen LogP contribution is 2.16. The molecule has 3 N–H and O–H groups in total. The van der Waals surface area contributed by atoms with Gasteiger partial charge in [0.05, 0.1) is 5.75 Å². The summed E-state index contributed by atoms with van der Waals surface area (Å²) in [5, 5.41) is 10.9. The van der Waals surface area contributed by atoms with Crippen molar-refractivity contribution < 1.29 is 13.9 Å². The van der Waals surface area contributed by atoms with Crippen LogP contribution in [-0.4, -0.2) is 33.1 Å². The first-order chi connectivity index (χ1) is 11.1. The number of hydrogen-bond acceptors (Lipinski definition) is 6. The van der Waals surface area contributed by atoms with Crippen LogP contribution in [0.15, 0.2) is 42.1 Å². The summed E-state index contributed by atoms with van der Waals surface area (Å²) in [6.45, 7) is 4.01. The summed E-state index contributed by atoms with van der Waals surface area (Å²) in [5.74, 6) is 6.42. The summed E-state index contributed by atoms with van der Waals surface area (Å²) in [6.07, 6.45) is 1.60. The zero-order valence-electron chi connectivity index (χ0n) is 12.2. The van der Waals surface area contributed by atoms with Crippen LogP contribution >= 0.6 is 11.8 Å². The molecule has 7 nitrogen and oxygen atoms in total. The molecule has 122 valence electrons. The molecule has 0 spiro atoms. The fourth-order valence-electron chi connectivity index (χ4n) is 1.55. The summed E-state index contributed by atoms with van der Waals surface area (Å²) in [6, 6.07) is 5.61. The van der Waals surface area contributed by atoms with Crippen LogP contribution in [0.4, 0.5) is 4.39 Å². The largest absolute Gasteiger partial charge is 0.486 e. The number of nitrogens with two attached hydrogens (primary N) is 1. The van der Waals surface area contributed by atoms with Crippen molar-refractivity contribution in [1.29, 1.82) is 0 Å². The molecule has 23 heavy (non-hydrogen) atoms. The Balaban J connectivity index is 1.87. The molecule has 0 aliphatic carbocycles. The smallest absolute Gasteiger partial charge is 0.230 e. The second-order valence-corrected chi connectivity index (χ2v) is 5.34. The normalized spacial score (nSPS) is 10.3. The molecule has 1 heterocycles. The maximum absolute atomic E-state index is 12.8. The van der Waals surface area contributed by atoms with Crippen LogP contribution in [0, 0.1) is 5.82 Å². The fourth-order valence-corrected chi connectivity index (χ4v) is 2.26. The van der Waals surface area contributed by atoms with Crippen LogP contribution in [0.25, 0.3) is 0 Å². The summed E-state index contributed by atoms with van der Waals surface area (Å²) in [5.41, 5.74) is 0. The van der Waals surface area contributed by atoms with Crippen molar-refractivity contribution in [3.05, 3.63) is 48.6 Å². The first-order valence-electron chi connectivity index (χ1n) is 6.68. The summed E-state index contributed by atoms with van der Waals surface area (Å²) in [4.78, 5) is 11.5. The molecule has 0 atom stereocenters. The first kappa shape index (κ1) is 16.8. The van der Waals surface area contributed by atoms with E-state index in [1.807, 2.05) is 0 Å². The van der Waals surface area contributed by atoms with E-state index in [9.17, 15) is 9.18 Å². The van der Waals surface area contributed by atoms with E-state index in [4.69, 9.17) is 10.6 Å². The number of carbonyl (C=O) groups is 1. The van der Waals surface area contributed by atoms with E-state index in [1.54, 1.807) is 6.08 Å². The monoisotopic (exact) mass is 337 g/mol. The van der Waals surface area contributed by atoms with Gasteiger partial charge in [0.2, 0.25) is 11.1 Å². The number of nitrogens with one attached hydrogen (secondary N) is 1. The first-order valence-corrected chi connectivity index (χ1v) is 7.67. The third-order valence-corrected chi connectivity index (χ3v) is 3.64. The lowest BCUT2D eigenvalue weighted by molar-refractivity contribution is -0.118. The Morgan fingerprint density at radius 2 is 2.17 bits per heavy atom. The Hall–Kier alpha value is -2.55. The van der Waals surface area contributed by atoms with Gasteiger partial charge in [-0.3, -0.25) is 4.79 Å². The van der Waals surface area contributed by atoms with E-state index in [-0.39, 0.29) is 24.1 Å². The summed E-state index contributed by atoms with van der Waals surface area (Å²) >= 11 is 1.16. The third-order valence-electron chi connectivity index (χ3n) is 2.69. The number of halogens is 1. The Bertz CT molecular complexity index is 674. The van der Waals surface area contributed by atoms with Gasteiger partial charge in [0.1, 0.15) is 18.2 Å². The van der Waals surface area contributed by atoms with Gasteiger partial charge in [0.25, 0.3) is 0 Å². The topological polar surface area (TPSA) is 95.1 Å². The molecule has 1 aromatic heterocycles. The molecule has 9 heteroatoms. The van der Waals surface area contributed by atoms with E-state index in [2.05, 4.69) is 22.1 Å². The number of carbonyl (C=O) groups excluding carboxylic acids is 1. The van der Waals surface area contributed by atoms with E-state index in [1.165, 1.54) is 28.9 Å². The van der Waals surface area contributed by atoms with Gasteiger partial charge in [-0.05, 0) is 24.3 Å². The van der Waals surface area contributed by atoms with Gasteiger partial charge in [-0.15, -0.1) is 16.8 Å². The van der Waals surface area contributed by atoms with Crippen molar-refractivity contribution in [2.45, 2.75) is 11.8 Å². The molecule has 0 unspecified atom stereocenters. The highest BCUT2D eigenvalue weighted by atomic mass is 32.2. The van der Waals surface area contributed by atoms with Gasteiger partial charge in [-0.2, -0.15) is 0 Å². The fraction of sp³-hybridized carbons (Fsp3) is 0.214. The standard InChI is InChI=1S/C14H16FN5O2S/c1-2-7-17-13(21)9-23-14-19-18-12(20(14)16)8-22-11-5-3-10(15)4-6-11/h2-6H,1,7-9,16H2,(H,17,21). The number of nitrogens with zero attached hydrogens (tertiary/aromatic N) is 3. The molecular weight excluding hydrogens is 321 g/mol. The minimum Gasteiger partial charge on any atom is -0.486 e. The van der Waals surface area contributed by atoms with E-state index >= 15 is 0 Å². The van der Waals surface area contributed by atoms with Gasteiger partial charge >= 0.3 is 0 Å². The van der Waals surface area contributed by atoms with Crippen LogP contribution in [0.5, 0.6) is 5.75 Å². The Morgan fingerprint density at radius 1 is 1.43 bits per heavy atom. The maximum Gasteiger partial charge on any atom is 0.230 e. The predicted octanol–water partition coefficient (Wildman–Crippen LogP) is 1.10. The molecule has 0 aliphatic rings.